The topological polar surface area (TPSA) is 46.3 Å². The number of nitrogens with zero attached hydrogens (tertiary/aromatic N) is 5. The summed E-state index contributed by atoms with van der Waals surface area (Å²) in [5.41, 5.74) is -0.0698. The molecule has 1 atom stereocenters. The second-order valence-corrected chi connectivity index (χ2v) is 5.54. The summed E-state index contributed by atoms with van der Waals surface area (Å²) < 4.78 is 2.12. The molecule has 5 heteroatoms. The third-order valence-electron chi connectivity index (χ3n) is 4.54. The van der Waals surface area contributed by atoms with Crippen LogP contribution in [0, 0.1) is 0 Å². The quantitative estimate of drug-likeness (QED) is 0.807. The summed E-state index contributed by atoms with van der Waals surface area (Å²) in [5.74, 6) is 1.83. The predicted octanol–water partition coefficient (Wildman–Crippen LogP) is 2.67. The van der Waals surface area contributed by atoms with Gasteiger partial charge in [0.25, 0.3) is 5.95 Å². The van der Waals surface area contributed by atoms with Crippen molar-refractivity contribution in [1.82, 2.24) is 19.7 Å². The van der Waals surface area contributed by atoms with E-state index in [0.29, 0.717) is 6.04 Å². The lowest BCUT2D eigenvalue weighted by Crippen LogP contribution is -2.56. The molecule has 0 N–H and O–H groups in total. The molecular weight excluding hydrogens is 226 g/mol. The first kappa shape index (κ1) is 11.7. The highest BCUT2D eigenvalue weighted by Crippen LogP contribution is 2.39. The zero-order valence-corrected chi connectivity index (χ0v) is 11.4. The molecule has 0 spiro atoms. The minimum atomic E-state index is -0.0698. The molecule has 0 amide bonds. The summed E-state index contributed by atoms with van der Waals surface area (Å²) in [6, 6.07) is 0.620. The molecule has 0 bridgehead atoms. The maximum atomic E-state index is 4.61. The van der Waals surface area contributed by atoms with Gasteiger partial charge in [-0.05, 0) is 33.1 Å². The van der Waals surface area contributed by atoms with Crippen molar-refractivity contribution in [3.8, 4) is 0 Å². The third-order valence-corrected chi connectivity index (χ3v) is 4.54. The molecule has 1 aromatic heterocycles. The fourth-order valence-electron chi connectivity index (χ4n) is 3.47. The van der Waals surface area contributed by atoms with Gasteiger partial charge in [0.15, 0.2) is 0 Å². The summed E-state index contributed by atoms with van der Waals surface area (Å²) in [4.78, 5) is 7.10. The maximum Gasteiger partial charge on any atom is 0.254 e. The molecule has 2 aliphatic rings. The Labute approximate surface area is 108 Å². The van der Waals surface area contributed by atoms with Gasteiger partial charge >= 0.3 is 0 Å². The van der Waals surface area contributed by atoms with Crippen LogP contribution in [-0.2, 0) is 5.66 Å². The Morgan fingerprint density at radius 1 is 1.39 bits per heavy atom. The van der Waals surface area contributed by atoms with E-state index in [1.54, 1.807) is 0 Å². The number of hydrogen-bond acceptors (Lipinski definition) is 4. The summed E-state index contributed by atoms with van der Waals surface area (Å²) in [6.45, 7) is 6.60. The summed E-state index contributed by atoms with van der Waals surface area (Å²) in [6.07, 6.45) is 8.07. The molecule has 1 saturated carbocycles. The van der Waals surface area contributed by atoms with Gasteiger partial charge in [0.1, 0.15) is 17.8 Å². The third kappa shape index (κ3) is 1.49. The Balaban J connectivity index is 2.07. The Morgan fingerprint density at radius 3 is 2.78 bits per heavy atom. The molecule has 3 rings (SSSR count). The van der Waals surface area contributed by atoms with E-state index >= 15 is 0 Å². The fraction of sp³-hybridized carbons (Fsp3) is 0.769. The molecule has 5 nitrogen and oxygen atoms in total. The summed E-state index contributed by atoms with van der Waals surface area (Å²) in [5, 5.41) is 8.13. The first-order chi connectivity index (χ1) is 8.66. The van der Waals surface area contributed by atoms with Crippen LogP contribution in [0.3, 0.4) is 0 Å². The second-order valence-electron chi connectivity index (χ2n) is 5.54. The van der Waals surface area contributed by atoms with Crippen LogP contribution in [0.15, 0.2) is 11.3 Å². The lowest BCUT2D eigenvalue weighted by molar-refractivity contribution is 0.0577. The normalized spacial score (nSPS) is 28.4. The van der Waals surface area contributed by atoms with E-state index in [9.17, 15) is 0 Å². The van der Waals surface area contributed by atoms with Gasteiger partial charge in [0.05, 0.1) is 0 Å². The van der Waals surface area contributed by atoms with E-state index in [1.807, 2.05) is 6.33 Å². The Morgan fingerprint density at radius 2 is 2.11 bits per heavy atom. The van der Waals surface area contributed by atoms with Crippen LogP contribution in [0.5, 0.6) is 0 Å². The SMILES string of the molecule is CCC1(C)N(C2CCCC2)C(C)=Nc2nncn21. The zero-order chi connectivity index (χ0) is 12.8. The van der Waals surface area contributed by atoms with Crippen LogP contribution in [0.2, 0.25) is 0 Å². The van der Waals surface area contributed by atoms with E-state index in [0.717, 1.165) is 18.2 Å². The van der Waals surface area contributed by atoms with E-state index < -0.39 is 0 Å². The molecule has 2 heterocycles. The van der Waals surface area contributed by atoms with Gasteiger partial charge in [0.2, 0.25) is 0 Å². The summed E-state index contributed by atoms with van der Waals surface area (Å²) in [7, 11) is 0. The molecule has 1 fully saturated rings. The van der Waals surface area contributed by atoms with Crippen molar-refractivity contribution in [2.75, 3.05) is 0 Å². The van der Waals surface area contributed by atoms with Crippen LogP contribution in [0.1, 0.15) is 52.9 Å². The minimum absolute atomic E-state index is 0.0698. The highest BCUT2D eigenvalue weighted by molar-refractivity contribution is 5.83. The molecular formula is C13H21N5. The average Bonchev–Trinajstić information content (AvgIpc) is 2.99. The van der Waals surface area contributed by atoms with Crippen LogP contribution in [0.25, 0.3) is 0 Å². The van der Waals surface area contributed by atoms with Gasteiger partial charge in [-0.25, -0.2) is 0 Å². The van der Waals surface area contributed by atoms with Gasteiger partial charge in [-0.3, -0.25) is 4.57 Å². The van der Waals surface area contributed by atoms with Crippen molar-refractivity contribution in [2.45, 2.75) is 64.6 Å². The number of aromatic nitrogens is 3. The van der Waals surface area contributed by atoms with Gasteiger partial charge in [-0.2, -0.15) is 4.99 Å². The van der Waals surface area contributed by atoms with Crippen molar-refractivity contribution >= 4 is 11.8 Å². The van der Waals surface area contributed by atoms with E-state index in [4.69, 9.17) is 0 Å². The molecule has 1 unspecified atom stereocenters. The van der Waals surface area contributed by atoms with E-state index in [-0.39, 0.29) is 5.66 Å². The molecule has 1 aliphatic heterocycles. The maximum absolute atomic E-state index is 4.61. The molecule has 1 aromatic rings. The number of hydrogen-bond donors (Lipinski definition) is 0. The molecule has 0 aromatic carbocycles. The smallest absolute Gasteiger partial charge is 0.254 e. The van der Waals surface area contributed by atoms with Crippen LogP contribution in [0.4, 0.5) is 5.95 Å². The van der Waals surface area contributed by atoms with E-state index in [1.165, 1.54) is 25.7 Å². The molecule has 98 valence electrons. The Hall–Kier alpha value is -1.39. The number of rotatable bonds is 2. The molecule has 0 saturated heterocycles. The van der Waals surface area contributed by atoms with Crippen LogP contribution in [-0.4, -0.2) is 31.5 Å². The highest BCUT2D eigenvalue weighted by Gasteiger charge is 2.42. The second kappa shape index (κ2) is 4.07. The van der Waals surface area contributed by atoms with Gasteiger partial charge in [0, 0.05) is 6.04 Å². The van der Waals surface area contributed by atoms with Gasteiger partial charge < -0.3 is 4.90 Å². The van der Waals surface area contributed by atoms with Crippen molar-refractivity contribution in [3.63, 3.8) is 0 Å². The first-order valence-electron chi connectivity index (χ1n) is 6.92. The minimum Gasteiger partial charge on any atom is -0.334 e. The zero-order valence-electron chi connectivity index (χ0n) is 11.4. The molecule has 0 radical (unpaired) electrons. The largest absolute Gasteiger partial charge is 0.334 e. The lowest BCUT2D eigenvalue weighted by Gasteiger charge is -2.48. The van der Waals surface area contributed by atoms with Crippen LogP contribution >= 0.6 is 0 Å². The Bertz CT molecular complexity index is 471. The molecule has 1 aliphatic carbocycles. The van der Waals surface area contributed by atoms with Crippen LogP contribution < -0.4 is 0 Å². The predicted molar refractivity (Wildman–Crippen MR) is 70.8 cm³/mol. The monoisotopic (exact) mass is 247 g/mol. The number of fused-ring (bicyclic) bond motifs is 1. The van der Waals surface area contributed by atoms with Gasteiger partial charge in [-0.1, -0.05) is 19.8 Å². The highest BCUT2D eigenvalue weighted by atomic mass is 15.5. The lowest BCUT2D eigenvalue weighted by atomic mass is 10.0. The van der Waals surface area contributed by atoms with Crippen molar-refractivity contribution < 1.29 is 0 Å². The van der Waals surface area contributed by atoms with Crippen molar-refractivity contribution in [1.29, 1.82) is 0 Å². The number of aliphatic imine (C=N–C) groups is 1. The van der Waals surface area contributed by atoms with Crippen molar-refractivity contribution in [3.05, 3.63) is 6.33 Å². The van der Waals surface area contributed by atoms with Crippen molar-refractivity contribution in [2.24, 2.45) is 4.99 Å². The first-order valence-corrected chi connectivity index (χ1v) is 6.92. The molecule has 18 heavy (non-hydrogen) atoms. The fourth-order valence-corrected chi connectivity index (χ4v) is 3.47. The standard InChI is InChI=1S/C13H21N5/c1-4-13(3)17-9-14-16-12(17)15-10(2)18(13)11-7-5-6-8-11/h9,11H,4-8H2,1-3H3. The average molecular weight is 247 g/mol. The summed E-state index contributed by atoms with van der Waals surface area (Å²) >= 11 is 0. The Kier molecular flexibility index (Phi) is 2.64. The van der Waals surface area contributed by atoms with Gasteiger partial charge in [-0.15, -0.1) is 10.2 Å². The number of amidine groups is 1. The van der Waals surface area contributed by atoms with E-state index in [2.05, 4.69) is 45.4 Å².